The average Bonchev–Trinajstić information content (AvgIpc) is 2.05. The van der Waals surface area contributed by atoms with Crippen molar-refractivity contribution in [2.45, 2.75) is 26.3 Å². The van der Waals surface area contributed by atoms with Gasteiger partial charge >= 0.3 is 0 Å². The molecule has 3 heteroatoms. The fourth-order valence-electron chi connectivity index (χ4n) is 1.35. The minimum atomic E-state index is 0.234. The smallest absolute Gasteiger partial charge is 0.236 e. The van der Waals surface area contributed by atoms with Crippen LogP contribution < -0.4 is 5.32 Å². The maximum absolute atomic E-state index is 11.2. The van der Waals surface area contributed by atoms with Crippen molar-refractivity contribution < 1.29 is 4.79 Å². The van der Waals surface area contributed by atoms with E-state index in [0.717, 1.165) is 19.5 Å². The Bertz CT molecular complexity index is 147. The number of piperazine rings is 1. The molecule has 11 heavy (non-hydrogen) atoms. The number of likely N-dealkylation sites (N-methyl/N-ethyl adjacent to an activating group) is 1. The first-order valence-electron chi connectivity index (χ1n) is 4.29. The van der Waals surface area contributed by atoms with Gasteiger partial charge in [0.25, 0.3) is 0 Å². The summed E-state index contributed by atoms with van der Waals surface area (Å²) < 4.78 is 0. The number of nitrogens with zero attached hydrogens (tertiary/aromatic N) is 1. The SMILES string of the molecule is CC[C@H]1CN(CC)C(=O)CN1. The van der Waals surface area contributed by atoms with E-state index in [1.807, 2.05) is 11.8 Å². The molecule has 0 radical (unpaired) electrons. The lowest BCUT2D eigenvalue weighted by atomic mass is 10.1. The summed E-state index contributed by atoms with van der Waals surface area (Å²) in [6.07, 6.45) is 1.10. The van der Waals surface area contributed by atoms with E-state index in [1.165, 1.54) is 0 Å². The van der Waals surface area contributed by atoms with Crippen LogP contribution in [0.1, 0.15) is 20.3 Å². The Morgan fingerprint density at radius 3 is 2.91 bits per heavy atom. The van der Waals surface area contributed by atoms with Crippen molar-refractivity contribution in [3.63, 3.8) is 0 Å². The van der Waals surface area contributed by atoms with Crippen LogP contribution in [-0.2, 0) is 4.79 Å². The predicted molar refractivity (Wildman–Crippen MR) is 44.3 cm³/mol. The number of amides is 1. The first kappa shape index (κ1) is 8.53. The second-order valence-electron chi connectivity index (χ2n) is 2.92. The molecule has 0 aromatic heterocycles. The van der Waals surface area contributed by atoms with Crippen LogP contribution in [0.3, 0.4) is 0 Å². The summed E-state index contributed by atoms with van der Waals surface area (Å²) in [4.78, 5) is 13.1. The highest BCUT2D eigenvalue weighted by atomic mass is 16.2. The van der Waals surface area contributed by atoms with Gasteiger partial charge in [0.2, 0.25) is 5.91 Å². The van der Waals surface area contributed by atoms with Crippen molar-refractivity contribution in [2.75, 3.05) is 19.6 Å². The van der Waals surface area contributed by atoms with Crippen LogP contribution in [0.5, 0.6) is 0 Å². The van der Waals surface area contributed by atoms with Crippen molar-refractivity contribution in [1.29, 1.82) is 0 Å². The molecule has 1 aliphatic heterocycles. The first-order chi connectivity index (χ1) is 5.27. The molecule has 1 saturated heterocycles. The Hall–Kier alpha value is -0.570. The van der Waals surface area contributed by atoms with Crippen molar-refractivity contribution in [3.05, 3.63) is 0 Å². The predicted octanol–water partition coefficient (Wildman–Crippen LogP) is 0.217. The van der Waals surface area contributed by atoms with Crippen molar-refractivity contribution in [3.8, 4) is 0 Å². The third-order valence-electron chi connectivity index (χ3n) is 2.21. The molecule has 3 nitrogen and oxygen atoms in total. The molecule has 64 valence electrons. The molecule has 0 spiro atoms. The topological polar surface area (TPSA) is 32.3 Å². The third kappa shape index (κ3) is 1.93. The standard InChI is InChI=1S/C8H16N2O/c1-3-7-6-10(4-2)8(11)5-9-7/h7,9H,3-6H2,1-2H3/t7-/m0/s1. The Kier molecular flexibility index (Phi) is 2.88. The van der Waals surface area contributed by atoms with Gasteiger partial charge in [0.05, 0.1) is 6.54 Å². The molecule has 1 amide bonds. The zero-order chi connectivity index (χ0) is 8.27. The van der Waals surface area contributed by atoms with Crippen molar-refractivity contribution in [2.24, 2.45) is 0 Å². The number of carbonyl (C=O) groups excluding carboxylic acids is 1. The molecule has 1 heterocycles. The molecule has 0 aromatic carbocycles. The zero-order valence-electron chi connectivity index (χ0n) is 7.26. The maximum atomic E-state index is 11.2. The summed E-state index contributed by atoms with van der Waals surface area (Å²) in [5, 5.41) is 3.19. The molecular formula is C8H16N2O. The quantitative estimate of drug-likeness (QED) is 0.620. The van der Waals surface area contributed by atoms with Crippen LogP contribution in [0.4, 0.5) is 0 Å². The van der Waals surface area contributed by atoms with E-state index in [9.17, 15) is 4.79 Å². The van der Waals surface area contributed by atoms with E-state index in [2.05, 4.69) is 12.2 Å². The molecule has 1 fully saturated rings. The highest BCUT2D eigenvalue weighted by molar-refractivity contribution is 5.79. The van der Waals surface area contributed by atoms with Gasteiger partial charge in [-0.2, -0.15) is 0 Å². The van der Waals surface area contributed by atoms with E-state index in [1.54, 1.807) is 0 Å². The molecule has 1 N–H and O–H groups in total. The summed E-state index contributed by atoms with van der Waals surface area (Å²) in [5.41, 5.74) is 0. The van der Waals surface area contributed by atoms with Crippen LogP contribution in [-0.4, -0.2) is 36.5 Å². The van der Waals surface area contributed by atoms with E-state index in [-0.39, 0.29) is 5.91 Å². The third-order valence-corrected chi connectivity index (χ3v) is 2.21. The lowest BCUT2D eigenvalue weighted by molar-refractivity contribution is -0.132. The summed E-state index contributed by atoms with van der Waals surface area (Å²) in [6.45, 7) is 6.41. The Morgan fingerprint density at radius 2 is 2.36 bits per heavy atom. The van der Waals surface area contributed by atoms with Crippen LogP contribution in [0.25, 0.3) is 0 Å². The normalized spacial score (nSPS) is 25.8. The highest BCUT2D eigenvalue weighted by Gasteiger charge is 2.21. The van der Waals surface area contributed by atoms with E-state index in [4.69, 9.17) is 0 Å². The van der Waals surface area contributed by atoms with Crippen LogP contribution >= 0.6 is 0 Å². The summed E-state index contributed by atoms with van der Waals surface area (Å²) >= 11 is 0. The molecule has 0 aromatic rings. The number of nitrogens with one attached hydrogen (secondary N) is 1. The van der Waals surface area contributed by atoms with Crippen molar-refractivity contribution in [1.82, 2.24) is 10.2 Å². The molecule has 1 atom stereocenters. The molecule has 0 bridgehead atoms. The summed E-state index contributed by atoms with van der Waals surface area (Å²) in [6, 6.07) is 0.507. The van der Waals surface area contributed by atoms with E-state index >= 15 is 0 Å². The lowest BCUT2D eigenvalue weighted by Gasteiger charge is -2.32. The van der Waals surface area contributed by atoms with E-state index < -0.39 is 0 Å². The molecule has 0 unspecified atom stereocenters. The van der Waals surface area contributed by atoms with Crippen LogP contribution in [0, 0.1) is 0 Å². The highest BCUT2D eigenvalue weighted by Crippen LogP contribution is 2.02. The van der Waals surface area contributed by atoms with Gasteiger partial charge in [-0.3, -0.25) is 4.79 Å². The Morgan fingerprint density at radius 1 is 1.64 bits per heavy atom. The minimum absolute atomic E-state index is 0.234. The maximum Gasteiger partial charge on any atom is 0.236 e. The fourth-order valence-corrected chi connectivity index (χ4v) is 1.35. The Labute approximate surface area is 67.8 Å². The molecule has 0 saturated carbocycles. The summed E-state index contributed by atoms with van der Waals surface area (Å²) in [5.74, 6) is 0.234. The van der Waals surface area contributed by atoms with Crippen LogP contribution in [0.2, 0.25) is 0 Å². The van der Waals surface area contributed by atoms with Gasteiger partial charge in [0.1, 0.15) is 0 Å². The van der Waals surface area contributed by atoms with Gasteiger partial charge in [-0.15, -0.1) is 0 Å². The number of hydrogen-bond acceptors (Lipinski definition) is 2. The zero-order valence-corrected chi connectivity index (χ0v) is 7.26. The second kappa shape index (κ2) is 3.72. The number of rotatable bonds is 2. The molecule has 1 rings (SSSR count). The van der Waals surface area contributed by atoms with Gasteiger partial charge in [-0.05, 0) is 13.3 Å². The van der Waals surface area contributed by atoms with Gasteiger partial charge in [0, 0.05) is 19.1 Å². The Balaban J connectivity index is 2.44. The van der Waals surface area contributed by atoms with Gasteiger partial charge in [-0.25, -0.2) is 0 Å². The molecular weight excluding hydrogens is 140 g/mol. The average molecular weight is 156 g/mol. The van der Waals surface area contributed by atoms with Gasteiger partial charge < -0.3 is 10.2 Å². The number of hydrogen-bond donors (Lipinski definition) is 1. The van der Waals surface area contributed by atoms with E-state index in [0.29, 0.717) is 12.6 Å². The summed E-state index contributed by atoms with van der Waals surface area (Å²) in [7, 11) is 0. The van der Waals surface area contributed by atoms with Gasteiger partial charge in [-0.1, -0.05) is 6.92 Å². The lowest BCUT2D eigenvalue weighted by Crippen LogP contribution is -2.53. The molecule has 1 aliphatic rings. The number of carbonyl (C=O) groups is 1. The molecule has 0 aliphatic carbocycles. The van der Waals surface area contributed by atoms with Crippen LogP contribution in [0.15, 0.2) is 0 Å². The largest absolute Gasteiger partial charge is 0.340 e. The minimum Gasteiger partial charge on any atom is -0.340 e. The first-order valence-corrected chi connectivity index (χ1v) is 4.29. The van der Waals surface area contributed by atoms with Crippen molar-refractivity contribution >= 4 is 5.91 Å². The fraction of sp³-hybridized carbons (Fsp3) is 0.875. The second-order valence-corrected chi connectivity index (χ2v) is 2.92. The monoisotopic (exact) mass is 156 g/mol. The van der Waals surface area contributed by atoms with Gasteiger partial charge in [0.15, 0.2) is 0 Å².